The summed E-state index contributed by atoms with van der Waals surface area (Å²) in [6, 6.07) is 0. The number of alkyl carbamates (subject to hydrolysis) is 1. The number of carbonyl (C=O) groups is 2. The molecule has 1 heterocycles. The summed E-state index contributed by atoms with van der Waals surface area (Å²) in [4.78, 5) is 21.8. The normalized spacial score (nSPS) is 18.5. The molecule has 1 rings (SSSR count). The van der Waals surface area contributed by atoms with Gasteiger partial charge in [0, 0.05) is 6.08 Å². The first kappa shape index (κ1) is 13.5. The molecule has 1 atom stereocenters. The summed E-state index contributed by atoms with van der Waals surface area (Å²) in [6.45, 7) is 4.28. The van der Waals surface area contributed by atoms with Gasteiger partial charge in [0.15, 0.2) is 0 Å². The minimum atomic E-state index is -0.588. The van der Waals surface area contributed by atoms with Crippen molar-refractivity contribution in [3.8, 4) is 0 Å². The van der Waals surface area contributed by atoms with E-state index in [1.54, 1.807) is 0 Å². The van der Waals surface area contributed by atoms with Crippen molar-refractivity contribution in [3.05, 3.63) is 12.7 Å². The molecule has 0 aliphatic carbocycles. The van der Waals surface area contributed by atoms with Gasteiger partial charge in [-0.2, -0.15) is 0 Å². The van der Waals surface area contributed by atoms with Crippen LogP contribution in [-0.2, 0) is 23.7 Å². The zero-order valence-electron chi connectivity index (χ0n) is 9.35. The zero-order valence-corrected chi connectivity index (χ0v) is 9.35. The van der Waals surface area contributed by atoms with Gasteiger partial charge in [0.1, 0.15) is 26.1 Å². The zero-order chi connectivity index (χ0) is 12.5. The monoisotopic (exact) mass is 245 g/mol. The van der Waals surface area contributed by atoms with E-state index in [0.29, 0.717) is 6.61 Å². The number of rotatable bonds is 6. The SMILES string of the molecule is C=CC(=O)OCCNC(=O)OCC1COCO1. The molecule has 1 aliphatic heterocycles. The summed E-state index contributed by atoms with van der Waals surface area (Å²) in [6.07, 6.45) is 0.255. The molecule has 7 nitrogen and oxygen atoms in total. The first-order valence-corrected chi connectivity index (χ1v) is 5.11. The first-order valence-electron chi connectivity index (χ1n) is 5.11. The highest BCUT2D eigenvalue weighted by atomic mass is 16.7. The maximum Gasteiger partial charge on any atom is 0.407 e. The van der Waals surface area contributed by atoms with Gasteiger partial charge < -0.3 is 24.3 Å². The fraction of sp³-hybridized carbons (Fsp3) is 0.600. The Bertz CT molecular complexity index is 274. The number of nitrogens with one attached hydrogen (secondary N) is 1. The molecule has 0 saturated carbocycles. The van der Waals surface area contributed by atoms with Crippen LogP contribution in [0.5, 0.6) is 0 Å². The van der Waals surface area contributed by atoms with Crippen molar-refractivity contribution in [2.75, 3.05) is 33.2 Å². The predicted octanol–water partition coefficient (Wildman–Crippen LogP) is -0.185. The molecule has 0 aromatic carbocycles. The average molecular weight is 245 g/mol. The summed E-state index contributed by atoms with van der Waals surface area (Å²) in [5.74, 6) is -0.531. The third kappa shape index (κ3) is 5.88. The maximum atomic E-state index is 11.1. The smallest absolute Gasteiger partial charge is 0.407 e. The third-order valence-corrected chi connectivity index (χ3v) is 1.87. The van der Waals surface area contributed by atoms with E-state index in [1.807, 2.05) is 0 Å². The van der Waals surface area contributed by atoms with Crippen molar-refractivity contribution in [1.82, 2.24) is 5.32 Å². The average Bonchev–Trinajstić information content (AvgIpc) is 2.84. The molecule has 1 saturated heterocycles. The van der Waals surface area contributed by atoms with Crippen LogP contribution in [0.2, 0.25) is 0 Å². The van der Waals surface area contributed by atoms with E-state index in [1.165, 1.54) is 0 Å². The molecule has 1 aliphatic rings. The minimum Gasteiger partial charge on any atom is -0.461 e. The van der Waals surface area contributed by atoms with Crippen LogP contribution in [0.1, 0.15) is 0 Å². The summed E-state index contributed by atoms with van der Waals surface area (Å²) < 4.78 is 19.5. The van der Waals surface area contributed by atoms with Gasteiger partial charge in [-0.25, -0.2) is 9.59 Å². The molecule has 17 heavy (non-hydrogen) atoms. The first-order chi connectivity index (χ1) is 8.22. The predicted molar refractivity (Wildman–Crippen MR) is 56.2 cm³/mol. The second-order valence-corrected chi connectivity index (χ2v) is 3.17. The molecule has 0 bridgehead atoms. The van der Waals surface area contributed by atoms with E-state index in [0.717, 1.165) is 6.08 Å². The minimum absolute atomic E-state index is 0.0724. The number of esters is 1. The van der Waals surface area contributed by atoms with Crippen LogP contribution in [0, 0.1) is 0 Å². The molecule has 1 N–H and O–H groups in total. The van der Waals surface area contributed by atoms with E-state index in [-0.39, 0.29) is 32.7 Å². The van der Waals surface area contributed by atoms with Crippen LogP contribution in [0.25, 0.3) is 0 Å². The molecule has 1 unspecified atom stereocenters. The highest BCUT2D eigenvalue weighted by Gasteiger charge is 2.17. The molecule has 0 spiro atoms. The Morgan fingerprint density at radius 1 is 1.47 bits per heavy atom. The number of amides is 1. The lowest BCUT2D eigenvalue weighted by Gasteiger charge is -2.09. The highest BCUT2D eigenvalue weighted by Crippen LogP contribution is 2.02. The Morgan fingerprint density at radius 2 is 2.29 bits per heavy atom. The number of hydrogen-bond donors (Lipinski definition) is 1. The van der Waals surface area contributed by atoms with Crippen LogP contribution >= 0.6 is 0 Å². The van der Waals surface area contributed by atoms with E-state index in [4.69, 9.17) is 14.2 Å². The second kappa shape index (κ2) is 7.64. The third-order valence-electron chi connectivity index (χ3n) is 1.87. The fourth-order valence-corrected chi connectivity index (χ4v) is 1.05. The fourth-order valence-electron chi connectivity index (χ4n) is 1.05. The largest absolute Gasteiger partial charge is 0.461 e. The van der Waals surface area contributed by atoms with Gasteiger partial charge in [-0.1, -0.05) is 6.58 Å². The van der Waals surface area contributed by atoms with E-state index >= 15 is 0 Å². The molecule has 0 aromatic heterocycles. The Hall–Kier alpha value is -1.60. The van der Waals surface area contributed by atoms with Gasteiger partial charge in [0.2, 0.25) is 0 Å². The van der Waals surface area contributed by atoms with Crippen LogP contribution in [-0.4, -0.2) is 51.3 Å². The van der Waals surface area contributed by atoms with Crippen LogP contribution in [0.3, 0.4) is 0 Å². The van der Waals surface area contributed by atoms with E-state index in [2.05, 4.69) is 16.6 Å². The lowest BCUT2D eigenvalue weighted by atomic mass is 10.4. The van der Waals surface area contributed by atoms with Gasteiger partial charge in [0.05, 0.1) is 13.2 Å². The number of carbonyl (C=O) groups excluding carboxylic acids is 2. The number of hydrogen-bond acceptors (Lipinski definition) is 6. The molecule has 96 valence electrons. The van der Waals surface area contributed by atoms with Crippen molar-refractivity contribution < 1.29 is 28.5 Å². The molecule has 7 heteroatoms. The summed E-state index contributed by atoms with van der Waals surface area (Å²) in [5.41, 5.74) is 0. The molecule has 0 aromatic rings. The molecule has 0 radical (unpaired) electrons. The van der Waals surface area contributed by atoms with Crippen molar-refractivity contribution in [2.24, 2.45) is 0 Å². The molecular weight excluding hydrogens is 230 g/mol. The Morgan fingerprint density at radius 3 is 2.94 bits per heavy atom. The lowest BCUT2D eigenvalue weighted by Crippen LogP contribution is -2.31. The Balaban J connectivity index is 1.97. The van der Waals surface area contributed by atoms with Crippen LogP contribution in [0.4, 0.5) is 4.79 Å². The van der Waals surface area contributed by atoms with Crippen molar-refractivity contribution in [2.45, 2.75) is 6.10 Å². The Labute approximate surface area is 98.7 Å². The van der Waals surface area contributed by atoms with E-state index in [9.17, 15) is 9.59 Å². The van der Waals surface area contributed by atoms with Crippen molar-refractivity contribution in [3.63, 3.8) is 0 Å². The summed E-state index contributed by atoms with van der Waals surface area (Å²) in [7, 11) is 0. The topological polar surface area (TPSA) is 83.1 Å². The van der Waals surface area contributed by atoms with Gasteiger partial charge in [-0.05, 0) is 0 Å². The molecular formula is C10H15NO6. The van der Waals surface area contributed by atoms with Crippen molar-refractivity contribution in [1.29, 1.82) is 0 Å². The van der Waals surface area contributed by atoms with E-state index < -0.39 is 12.1 Å². The number of ether oxygens (including phenoxy) is 4. The Kier molecular flexibility index (Phi) is 6.05. The summed E-state index contributed by atoms with van der Waals surface area (Å²) >= 11 is 0. The van der Waals surface area contributed by atoms with Gasteiger partial charge in [-0.3, -0.25) is 0 Å². The quantitative estimate of drug-likeness (QED) is 0.397. The maximum absolute atomic E-state index is 11.1. The standard InChI is InChI=1S/C10H15NO6/c1-2-9(12)15-4-3-11-10(13)16-6-8-5-14-7-17-8/h2,8H,1,3-7H2,(H,11,13). The second-order valence-electron chi connectivity index (χ2n) is 3.17. The lowest BCUT2D eigenvalue weighted by molar-refractivity contribution is -0.137. The van der Waals surface area contributed by atoms with Crippen molar-refractivity contribution >= 4 is 12.1 Å². The van der Waals surface area contributed by atoms with Gasteiger partial charge in [-0.15, -0.1) is 0 Å². The molecule has 1 fully saturated rings. The summed E-state index contributed by atoms with van der Waals surface area (Å²) in [5, 5.41) is 2.42. The highest BCUT2D eigenvalue weighted by molar-refractivity contribution is 5.81. The molecule has 1 amide bonds. The van der Waals surface area contributed by atoms with Crippen LogP contribution < -0.4 is 5.32 Å². The van der Waals surface area contributed by atoms with Gasteiger partial charge >= 0.3 is 12.1 Å². The van der Waals surface area contributed by atoms with Crippen LogP contribution in [0.15, 0.2) is 12.7 Å². The van der Waals surface area contributed by atoms with Gasteiger partial charge in [0.25, 0.3) is 0 Å².